The van der Waals surface area contributed by atoms with Gasteiger partial charge in [-0.25, -0.2) is 5.43 Å². The molecule has 1 aliphatic rings. The van der Waals surface area contributed by atoms with Crippen LogP contribution < -0.4 is 10.2 Å². The van der Waals surface area contributed by atoms with Crippen LogP contribution in [0.25, 0.3) is 10.9 Å². The third-order valence-corrected chi connectivity index (χ3v) is 6.62. The zero-order valence-electron chi connectivity index (χ0n) is 20.5. The Kier molecular flexibility index (Phi) is 6.76. The van der Waals surface area contributed by atoms with E-state index in [2.05, 4.69) is 15.5 Å². The van der Waals surface area contributed by atoms with E-state index < -0.39 is 34.8 Å². The summed E-state index contributed by atoms with van der Waals surface area (Å²) in [6.45, 7) is 0. The molecule has 3 aromatic carbocycles. The summed E-state index contributed by atoms with van der Waals surface area (Å²) < 4.78 is 49.5. The number of fused-ring (bicyclic) bond motifs is 1. The molecule has 202 valence electrons. The molecule has 0 saturated carbocycles. The summed E-state index contributed by atoms with van der Waals surface area (Å²) in [6, 6.07) is 18.4. The molecule has 0 bridgehead atoms. The van der Waals surface area contributed by atoms with E-state index in [0.717, 1.165) is 0 Å². The first-order chi connectivity index (χ1) is 19.1. The van der Waals surface area contributed by atoms with E-state index in [1.165, 1.54) is 66.9 Å². The number of aromatic nitrogens is 1. The number of ether oxygens (including phenoxy) is 1. The number of nitro benzene ring substituents is 1. The average molecular weight is 548 g/mol. The molecule has 0 radical (unpaired) electrons. The van der Waals surface area contributed by atoms with Gasteiger partial charge in [0.1, 0.15) is 5.75 Å². The Hall–Kier alpha value is -5.13. The van der Waals surface area contributed by atoms with Gasteiger partial charge >= 0.3 is 12.1 Å². The Balaban J connectivity index is 1.38. The number of rotatable bonds is 6. The molecule has 9 nitrogen and oxygen atoms in total. The van der Waals surface area contributed by atoms with E-state index in [-0.39, 0.29) is 34.5 Å². The summed E-state index contributed by atoms with van der Waals surface area (Å²) in [5.74, 6) is -1.79. The Morgan fingerprint density at radius 3 is 2.42 bits per heavy atom. The van der Waals surface area contributed by atoms with Gasteiger partial charge in [0, 0.05) is 30.1 Å². The summed E-state index contributed by atoms with van der Waals surface area (Å²) in [5, 5.41) is 14.9. The van der Waals surface area contributed by atoms with Crippen LogP contribution >= 0.6 is 0 Å². The second-order valence-electron chi connectivity index (χ2n) is 9.05. The van der Waals surface area contributed by atoms with Crippen molar-refractivity contribution < 1.29 is 32.4 Å². The maximum atomic E-state index is 14.8. The van der Waals surface area contributed by atoms with E-state index in [1.54, 1.807) is 18.2 Å². The van der Waals surface area contributed by atoms with E-state index in [4.69, 9.17) is 4.74 Å². The lowest BCUT2D eigenvalue weighted by atomic mass is 9.71. The summed E-state index contributed by atoms with van der Waals surface area (Å²) >= 11 is 0. The summed E-state index contributed by atoms with van der Waals surface area (Å²) in [7, 11) is 0. The van der Waals surface area contributed by atoms with Crippen molar-refractivity contribution in [3.8, 4) is 5.75 Å². The molecule has 1 amide bonds. The van der Waals surface area contributed by atoms with Crippen LogP contribution in [0.1, 0.15) is 23.1 Å². The molecule has 0 spiro atoms. The monoisotopic (exact) mass is 548 g/mol. The van der Waals surface area contributed by atoms with Gasteiger partial charge in [-0.2, -0.15) is 18.3 Å². The van der Waals surface area contributed by atoms with Crippen LogP contribution in [0.3, 0.4) is 0 Å². The SMILES string of the molecule is O=C(Cc1ccc(C2=NNC(=O)C(c3cccc4ncccc34)(C(F)(F)F)C2)cc1)Oc1ccc([N+](=O)[O-])cc1. The first-order valence-corrected chi connectivity index (χ1v) is 11.9. The zero-order valence-corrected chi connectivity index (χ0v) is 20.5. The van der Waals surface area contributed by atoms with Gasteiger partial charge in [0.25, 0.3) is 11.6 Å². The normalized spacial score (nSPS) is 17.2. The van der Waals surface area contributed by atoms with Crippen molar-refractivity contribution in [2.24, 2.45) is 5.10 Å². The molecule has 0 fully saturated rings. The van der Waals surface area contributed by atoms with Crippen molar-refractivity contribution >= 4 is 34.2 Å². The molecule has 1 atom stereocenters. The van der Waals surface area contributed by atoms with Gasteiger partial charge in [-0.1, -0.05) is 42.5 Å². The van der Waals surface area contributed by atoms with Crippen molar-refractivity contribution in [1.82, 2.24) is 10.4 Å². The number of nitro groups is 1. The lowest BCUT2D eigenvalue weighted by molar-refractivity contribution is -0.384. The molecule has 4 aromatic rings. The van der Waals surface area contributed by atoms with Crippen LogP contribution in [0, 0.1) is 10.1 Å². The van der Waals surface area contributed by atoms with Crippen LogP contribution in [0.2, 0.25) is 0 Å². The van der Waals surface area contributed by atoms with Crippen LogP contribution in [-0.2, 0) is 21.4 Å². The van der Waals surface area contributed by atoms with Gasteiger partial charge in [0.2, 0.25) is 0 Å². The van der Waals surface area contributed by atoms with Gasteiger partial charge in [-0.3, -0.25) is 24.7 Å². The zero-order chi connectivity index (χ0) is 28.5. The minimum atomic E-state index is -4.95. The highest BCUT2D eigenvalue weighted by Crippen LogP contribution is 2.48. The van der Waals surface area contributed by atoms with E-state index >= 15 is 0 Å². The molecule has 5 rings (SSSR count). The number of carbonyl (C=O) groups excluding carboxylic acids is 2. The van der Waals surface area contributed by atoms with Gasteiger partial charge in [-0.05, 0) is 41.0 Å². The number of hydrogen-bond donors (Lipinski definition) is 1. The van der Waals surface area contributed by atoms with E-state index in [9.17, 15) is 32.9 Å². The number of non-ortho nitro benzene ring substituents is 1. The van der Waals surface area contributed by atoms with E-state index in [1.807, 2.05) is 0 Å². The smallest absolute Gasteiger partial charge is 0.407 e. The molecule has 12 heteroatoms. The number of carbonyl (C=O) groups is 2. The topological polar surface area (TPSA) is 124 Å². The number of amides is 1. The van der Waals surface area contributed by atoms with Crippen LogP contribution in [0.15, 0.2) is 90.2 Å². The highest BCUT2D eigenvalue weighted by atomic mass is 19.4. The molecule has 0 saturated heterocycles. The molecule has 1 N–H and O–H groups in total. The predicted octanol–water partition coefficient (Wildman–Crippen LogP) is 5.02. The van der Waals surface area contributed by atoms with Gasteiger partial charge in [0.15, 0.2) is 5.41 Å². The molecule has 2 heterocycles. The fraction of sp³-hybridized carbons (Fsp3) is 0.143. The highest BCUT2D eigenvalue weighted by molar-refractivity contribution is 6.09. The predicted molar refractivity (Wildman–Crippen MR) is 138 cm³/mol. The molecular formula is C28H19F3N4O5. The Morgan fingerprint density at radius 2 is 1.75 bits per heavy atom. The molecule has 1 aliphatic heterocycles. The van der Waals surface area contributed by atoms with Gasteiger partial charge in [-0.15, -0.1) is 0 Å². The second kappa shape index (κ2) is 10.2. The lowest BCUT2D eigenvalue weighted by Crippen LogP contribution is -2.57. The number of hydrogen-bond acceptors (Lipinski definition) is 7. The second-order valence-corrected chi connectivity index (χ2v) is 9.05. The van der Waals surface area contributed by atoms with Gasteiger partial charge < -0.3 is 4.74 Å². The van der Waals surface area contributed by atoms with Crippen molar-refractivity contribution in [3.63, 3.8) is 0 Å². The Labute approximate surface area is 224 Å². The lowest BCUT2D eigenvalue weighted by Gasteiger charge is -2.37. The molecule has 1 aromatic heterocycles. The summed E-state index contributed by atoms with van der Waals surface area (Å²) in [5.41, 5.74) is -0.0231. The standard InChI is InChI=1S/C28H19F3N4O5/c29-28(30,31)27(22-4-1-5-23-21(22)3-2-14-32-23)16-24(33-34-26(27)37)18-8-6-17(7-9-18)15-25(36)40-20-12-10-19(11-13-20)35(38)39/h1-14H,15-16H2,(H,34,37). The minimum absolute atomic E-state index is 0.0119. The summed E-state index contributed by atoms with van der Waals surface area (Å²) in [6.07, 6.45) is -4.39. The fourth-order valence-electron chi connectivity index (χ4n) is 4.61. The van der Waals surface area contributed by atoms with Crippen LogP contribution in [-0.4, -0.2) is 33.7 Å². The first kappa shape index (κ1) is 26.5. The average Bonchev–Trinajstić information content (AvgIpc) is 2.93. The summed E-state index contributed by atoms with van der Waals surface area (Å²) in [4.78, 5) is 39.5. The van der Waals surface area contributed by atoms with Crippen LogP contribution in [0.4, 0.5) is 18.9 Å². The fourth-order valence-corrected chi connectivity index (χ4v) is 4.61. The van der Waals surface area contributed by atoms with Crippen molar-refractivity contribution in [2.45, 2.75) is 24.4 Å². The first-order valence-electron chi connectivity index (χ1n) is 11.9. The van der Waals surface area contributed by atoms with Gasteiger partial charge in [0.05, 0.1) is 22.6 Å². The number of esters is 1. The van der Waals surface area contributed by atoms with Crippen LogP contribution in [0.5, 0.6) is 5.75 Å². The number of halogens is 3. The third kappa shape index (κ3) is 4.86. The van der Waals surface area contributed by atoms with Crippen molar-refractivity contribution in [3.05, 3.63) is 112 Å². The third-order valence-electron chi connectivity index (χ3n) is 6.62. The maximum absolute atomic E-state index is 14.8. The quantitative estimate of drug-likeness (QED) is 0.156. The Bertz CT molecular complexity index is 1650. The highest BCUT2D eigenvalue weighted by Gasteiger charge is 2.63. The number of alkyl halides is 3. The number of nitrogens with zero attached hydrogens (tertiary/aromatic N) is 3. The molecule has 40 heavy (non-hydrogen) atoms. The van der Waals surface area contributed by atoms with E-state index in [0.29, 0.717) is 16.6 Å². The molecular weight excluding hydrogens is 529 g/mol. The Morgan fingerprint density at radius 1 is 1.02 bits per heavy atom. The molecule has 0 aliphatic carbocycles. The largest absolute Gasteiger partial charge is 0.426 e. The number of nitrogens with one attached hydrogen (secondary N) is 1. The number of hydrazone groups is 1. The molecule has 1 unspecified atom stereocenters. The van der Waals surface area contributed by atoms with Crippen molar-refractivity contribution in [2.75, 3.05) is 0 Å². The maximum Gasteiger partial charge on any atom is 0.407 e. The minimum Gasteiger partial charge on any atom is -0.426 e. The van der Waals surface area contributed by atoms with Crippen molar-refractivity contribution in [1.29, 1.82) is 0 Å². The number of pyridine rings is 1. The number of benzene rings is 3.